The maximum atomic E-state index is 5.31. The van der Waals surface area contributed by atoms with E-state index in [9.17, 15) is 0 Å². The molecule has 1 unspecified atom stereocenters. The van der Waals surface area contributed by atoms with Gasteiger partial charge in [-0.15, -0.1) is 0 Å². The van der Waals surface area contributed by atoms with Gasteiger partial charge in [-0.25, -0.2) is 0 Å². The molecular weight excluding hydrogens is 282 g/mol. The fourth-order valence-electron chi connectivity index (χ4n) is 1.61. The van der Waals surface area contributed by atoms with Crippen LogP contribution in [0.4, 0.5) is 5.69 Å². The smallest absolute Gasteiger partial charge is 0.142 e. The average Bonchev–Trinajstić information content (AvgIpc) is 2.83. The lowest BCUT2D eigenvalue weighted by Crippen LogP contribution is -2.08. The van der Waals surface area contributed by atoms with Gasteiger partial charge >= 0.3 is 0 Å². The van der Waals surface area contributed by atoms with Crippen molar-refractivity contribution < 1.29 is 4.74 Å². The van der Waals surface area contributed by atoms with Gasteiger partial charge in [0.2, 0.25) is 0 Å². The Hall–Kier alpha value is -1.49. The molecule has 0 amide bonds. The molecule has 0 aliphatic carbocycles. The third kappa shape index (κ3) is 2.79. The Balaban J connectivity index is 2.20. The third-order valence-corrected chi connectivity index (χ3v) is 3.02. The van der Waals surface area contributed by atoms with Crippen molar-refractivity contribution in [3.8, 4) is 5.75 Å². The first-order chi connectivity index (χ1) is 8.20. The van der Waals surface area contributed by atoms with Crippen LogP contribution in [0, 0.1) is 0 Å². The number of rotatable bonds is 4. The first-order valence-corrected chi connectivity index (χ1v) is 6.09. The number of aromatic amines is 1. The highest BCUT2D eigenvalue weighted by Crippen LogP contribution is 2.30. The minimum absolute atomic E-state index is 0.140. The van der Waals surface area contributed by atoms with Gasteiger partial charge in [-0.05, 0) is 31.2 Å². The largest absolute Gasteiger partial charge is 0.495 e. The molecule has 1 heterocycles. The van der Waals surface area contributed by atoms with Crippen LogP contribution >= 0.6 is 15.9 Å². The van der Waals surface area contributed by atoms with Gasteiger partial charge in [0.1, 0.15) is 5.75 Å². The average molecular weight is 296 g/mol. The van der Waals surface area contributed by atoms with Gasteiger partial charge in [-0.1, -0.05) is 15.9 Å². The highest BCUT2D eigenvalue weighted by molar-refractivity contribution is 9.10. The lowest BCUT2D eigenvalue weighted by molar-refractivity contribution is 0.416. The zero-order valence-corrected chi connectivity index (χ0v) is 11.3. The molecule has 1 atom stereocenters. The van der Waals surface area contributed by atoms with Crippen LogP contribution < -0.4 is 10.1 Å². The predicted molar refractivity (Wildman–Crippen MR) is 71.3 cm³/mol. The molecule has 1 aromatic heterocycles. The van der Waals surface area contributed by atoms with Crippen molar-refractivity contribution in [2.75, 3.05) is 12.4 Å². The monoisotopic (exact) mass is 295 g/mol. The van der Waals surface area contributed by atoms with Gasteiger partial charge in [-0.3, -0.25) is 5.10 Å². The van der Waals surface area contributed by atoms with E-state index in [0.29, 0.717) is 0 Å². The van der Waals surface area contributed by atoms with Crippen LogP contribution in [0.25, 0.3) is 0 Å². The summed E-state index contributed by atoms with van der Waals surface area (Å²) in [6, 6.07) is 7.95. The minimum atomic E-state index is 0.140. The SMILES string of the molecule is COc1ccc(Br)cc1NC(C)c1ccn[nH]1. The number of nitrogens with one attached hydrogen (secondary N) is 2. The molecule has 0 saturated heterocycles. The summed E-state index contributed by atoms with van der Waals surface area (Å²) in [5, 5.41) is 10.3. The van der Waals surface area contributed by atoms with Gasteiger partial charge < -0.3 is 10.1 Å². The second-order valence-corrected chi connectivity index (χ2v) is 4.64. The fraction of sp³-hybridized carbons (Fsp3) is 0.250. The lowest BCUT2D eigenvalue weighted by atomic mass is 10.2. The lowest BCUT2D eigenvalue weighted by Gasteiger charge is -2.16. The fourth-order valence-corrected chi connectivity index (χ4v) is 1.97. The minimum Gasteiger partial charge on any atom is -0.495 e. The number of aromatic nitrogens is 2. The van der Waals surface area contributed by atoms with E-state index in [1.54, 1.807) is 13.3 Å². The summed E-state index contributed by atoms with van der Waals surface area (Å²) in [7, 11) is 1.66. The van der Waals surface area contributed by atoms with Crippen LogP contribution in [0.2, 0.25) is 0 Å². The second-order valence-electron chi connectivity index (χ2n) is 3.72. The van der Waals surface area contributed by atoms with E-state index in [-0.39, 0.29) is 6.04 Å². The molecule has 1 aromatic carbocycles. The van der Waals surface area contributed by atoms with Crippen molar-refractivity contribution >= 4 is 21.6 Å². The number of hydrogen-bond acceptors (Lipinski definition) is 3. The summed E-state index contributed by atoms with van der Waals surface area (Å²) in [6.07, 6.45) is 1.74. The molecule has 17 heavy (non-hydrogen) atoms. The standard InChI is InChI=1S/C12H14BrN3O/c1-8(10-5-6-14-16-10)15-11-7-9(13)3-4-12(11)17-2/h3-8,15H,1-2H3,(H,14,16). The van der Waals surface area contributed by atoms with Crippen molar-refractivity contribution in [2.24, 2.45) is 0 Å². The maximum absolute atomic E-state index is 5.31. The molecule has 0 saturated carbocycles. The Morgan fingerprint density at radius 1 is 1.41 bits per heavy atom. The van der Waals surface area contributed by atoms with E-state index in [4.69, 9.17) is 4.74 Å². The van der Waals surface area contributed by atoms with E-state index in [0.717, 1.165) is 21.6 Å². The molecular formula is C12H14BrN3O. The van der Waals surface area contributed by atoms with Crippen LogP contribution in [-0.4, -0.2) is 17.3 Å². The Morgan fingerprint density at radius 2 is 2.24 bits per heavy atom. The Labute approximate surface area is 109 Å². The van der Waals surface area contributed by atoms with Gasteiger partial charge in [0, 0.05) is 10.7 Å². The quantitative estimate of drug-likeness (QED) is 0.909. The van der Waals surface area contributed by atoms with Gasteiger partial charge in [0.15, 0.2) is 0 Å². The van der Waals surface area contributed by atoms with Crippen molar-refractivity contribution in [3.63, 3.8) is 0 Å². The first kappa shape index (κ1) is 12.0. The molecule has 0 aliphatic heterocycles. The summed E-state index contributed by atoms with van der Waals surface area (Å²) < 4.78 is 6.32. The Bertz CT molecular complexity index is 485. The normalized spacial score (nSPS) is 12.2. The third-order valence-electron chi connectivity index (χ3n) is 2.52. The Kier molecular flexibility index (Phi) is 3.68. The molecule has 90 valence electrons. The molecule has 2 rings (SSSR count). The molecule has 4 nitrogen and oxygen atoms in total. The zero-order valence-electron chi connectivity index (χ0n) is 9.70. The van der Waals surface area contributed by atoms with Gasteiger partial charge in [0.25, 0.3) is 0 Å². The number of halogens is 1. The van der Waals surface area contributed by atoms with Crippen LogP contribution in [0.5, 0.6) is 5.75 Å². The first-order valence-electron chi connectivity index (χ1n) is 5.30. The topological polar surface area (TPSA) is 49.9 Å². The molecule has 0 fully saturated rings. The number of ether oxygens (including phenoxy) is 1. The molecule has 0 bridgehead atoms. The summed E-state index contributed by atoms with van der Waals surface area (Å²) >= 11 is 3.45. The zero-order chi connectivity index (χ0) is 12.3. The number of methoxy groups -OCH3 is 1. The number of anilines is 1. The molecule has 0 radical (unpaired) electrons. The molecule has 2 N–H and O–H groups in total. The summed E-state index contributed by atoms with van der Waals surface area (Å²) in [4.78, 5) is 0. The highest BCUT2D eigenvalue weighted by atomic mass is 79.9. The van der Waals surface area contributed by atoms with Crippen molar-refractivity contribution in [1.82, 2.24) is 10.2 Å². The molecule has 5 heteroatoms. The second kappa shape index (κ2) is 5.23. The number of nitrogens with zero attached hydrogens (tertiary/aromatic N) is 1. The Morgan fingerprint density at radius 3 is 2.88 bits per heavy atom. The van der Waals surface area contributed by atoms with E-state index in [1.165, 1.54) is 0 Å². The molecule has 0 aliphatic rings. The van der Waals surface area contributed by atoms with Gasteiger partial charge in [0.05, 0.1) is 24.5 Å². The summed E-state index contributed by atoms with van der Waals surface area (Å²) in [5.41, 5.74) is 1.98. The van der Waals surface area contributed by atoms with E-state index in [1.807, 2.05) is 24.3 Å². The van der Waals surface area contributed by atoms with Crippen LogP contribution in [-0.2, 0) is 0 Å². The van der Waals surface area contributed by atoms with Crippen molar-refractivity contribution in [3.05, 3.63) is 40.6 Å². The molecule has 2 aromatic rings. The summed E-state index contributed by atoms with van der Waals surface area (Å²) in [6.45, 7) is 2.06. The highest BCUT2D eigenvalue weighted by Gasteiger charge is 2.10. The van der Waals surface area contributed by atoms with Crippen LogP contribution in [0.1, 0.15) is 18.7 Å². The van der Waals surface area contributed by atoms with Crippen LogP contribution in [0.3, 0.4) is 0 Å². The van der Waals surface area contributed by atoms with Crippen LogP contribution in [0.15, 0.2) is 34.9 Å². The predicted octanol–water partition coefficient (Wildman–Crippen LogP) is 3.35. The summed E-state index contributed by atoms with van der Waals surface area (Å²) in [5.74, 6) is 0.819. The van der Waals surface area contributed by atoms with E-state index < -0.39 is 0 Å². The van der Waals surface area contributed by atoms with Gasteiger partial charge in [-0.2, -0.15) is 5.10 Å². The molecule has 0 spiro atoms. The van der Waals surface area contributed by atoms with E-state index in [2.05, 4.69) is 38.4 Å². The number of benzene rings is 1. The van der Waals surface area contributed by atoms with E-state index >= 15 is 0 Å². The number of hydrogen-bond donors (Lipinski definition) is 2. The van der Waals surface area contributed by atoms with Crippen molar-refractivity contribution in [2.45, 2.75) is 13.0 Å². The van der Waals surface area contributed by atoms with Crippen molar-refractivity contribution in [1.29, 1.82) is 0 Å². The maximum Gasteiger partial charge on any atom is 0.142 e. The number of H-pyrrole nitrogens is 1.